The molecule has 3 rings (SSSR count). The van der Waals surface area contributed by atoms with Gasteiger partial charge in [-0.05, 0) is 28.8 Å². The fraction of sp³-hybridized carbons (Fsp3) is 0.643. The third-order valence-corrected chi connectivity index (χ3v) is 4.54. The van der Waals surface area contributed by atoms with Crippen LogP contribution in [0.3, 0.4) is 0 Å². The van der Waals surface area contributed by atoms with Crippen molar-refractivity contribution < 1.29 is 14.2 Å². The number of aromatic nitrogens is 1. The summed E-state index contributed by atoms with van der Waals surface area (Å²) in [6, 6.07) is 1.52. The molecule has 2 aliphatic rings. The van der Waals surface area contributed by atoms with Gasteiger partial charge in [0.05, 0.1) is 23.8 Å². The summed E-state index contributed by atoms with van der Waals surface area (Å²) in [6.45, 7) is 1.37. The zero-order chi connectivity index (χ0) is 14.2. The van der Waals surface area contributed by atoms with E-state index in [-0.39, 0.29) is 17.5 Å². The highest BCUT2D eigenvalue weighted by Gasteiger charge is 2.40. The number of pyridine rings is 1. The molecule has 2 heterocycles. The highest BCUT2D eigenvalue weighted by atomic mass is 79.9. The molecular formula is C14H18BrNO4. The molecule has 1 saturated carbocycles. The Morgan fingerprint density at radius 2 is 2.00 bits per heavy atom. The molecule has 6 heteroatoms. The predicted octanol–water partition coefficient (Wildman–Crippen LogP) is 2.21. The molecule has 1 aliphatic heterocycles. The summed E-state index contributed by atoms with van der Waals surface area (Å²) in [5.41, 5.74) is -0.0714. The molecule has 1 aromatic heterocycles. The van der Waals surface area contributed by atoms with Crippen molar-refractivity contribution in [2.45, 2.75) is 37.6 Å². The van der Waals surface area contributed by atoms with E-state index in [1.54, 1.807) is 13.2 Å². The minimum absolute atomic E-state index is 0.0714. The Bertz CT molecular complexity index is 541. The Morgan fingerprint density at radius 3 is 2.65 bits per heavy atom. The van der Waals surface area contributed by atoms with E-state index in [0.29, 0.717) is 19.0 Å². The van der Waals surface area contributed by atoms with Gasteiger partial charge in [0.1, 0.15) is 5.75 Å². The molecule has 20 heavy (non-hydrogen) atoms. The summed E-state index contributed by atoms with van der Waals surface area (Å²) in [6.07, 6.45) is 5.28. The van der Waals surface area contributed by atoms with Crippen molar-refractivity contribution in [1.82, 2.24) is 4.57 Å². The van der Waals surface area contributed by atoms with Gasteiger partial charge < -0.3 is 18.8 Å². The number of halogens is 1. The van der Waals surface area contributed by atoms with Gasteiger partial charge in [-0.25, -0.2) is 0 Å². The lowest BCUT2D eigenvalue weighted by Gasteiger charge is -2.35. The number of hydrogen-bond donors (Lipinski definition) is 0. The molecule has 0 N–H and O–H groups in total. The second kappa shape index (κ2) is 5.50. The molecule has 0 unspecified atom stereocenters. The van der Waals surface area contributed by atoms with Crippen LogP contribution in [-0.2, 0) is 16.5 Å². The van der Waals surface area contributed by atoms with Crippen molar-refractivity contribution in [2.24, 2.45) is 7.05 Å². The Balaban J connectivity index is 1.65. The van der Waals surface area contributed by atoms with E-state index in [0.717, 1.165) is 30.2 Å². The first-order chi connectivity index (χ1) is 9.58. The van der Waals surface area contributed by atoms with E-state index in [2.05, 4.69) is 15.9 Å². The summed E-state index contributed by atoms with van der Waals surface area (Å²) in [4.78, 5) is 11.7. The lowest BCUT2D eigenvalue weighted by Crippen LogP contribution is -2.38. The number of aryl methyl sites for hydroxylation is 1. The van der Waals surface area contributed by atoms with E-state index in [1.807, 2.05) is 0 Å². The third-order valence-electron chi connectivity index (χ3n) is 3.95. The van der Waals surface area contributed by atoms with Gasteiger partial charge in [0, 0.05) is 32.2 Å². The smallest absolute Gasteiger partial charge is 0.254 e. The first-order valence-corrected chi connectivity index (χ1v) is 7.68. The Morgan fingerprint density at radius 1 is 1.35 bits per heavy atom. The van der Waals surface area contributed by atoms with Crippen LogP contribution in [0, 0.1) is 0 Å². The Kier molecular flexibility index (Phi) is 3.88. The van der Waals surface area contributed by atoms with Gasteiger partial charge in [-0.15, -0.1) is 0 Å². The second-order valence-corrected chi connectivity index (χ2v) is 6.21. The van der Waals surface area contributed by atoms with E-state index in [4.69, 9.17) is 14.2 Å². The lowest BCUT2D eigenvalue weighted by molar-refractivity contribution is -0.186. The van der Waals surface area contributed by atoms with Gasteiger partial charge >= 0.3 is 0 Å². The quantitative estimate of drug-likeness (QED) is 0.826. The first-order valence-electron chi connectivity index (χ1n) is 6.89. The molecule has 2 fully saturated rings. The molecule has 1 spiro atoms. The van der Waals surface area contributed by atoms with Crippen molar-refractivity contribution in [3.05, 3.63) is 27.1 Å². The van der Waals surface area contributed by atoms with Crippen LogP contribution in [0.1, 0.15) is 25.7 Å². The van der Waals surface area contributed by atoms with Crippen molar-refractivity contribution >= 4 is 15.9 Å². The van der Waals surface area contributed by atoms with Crippen LogP contribution in [0.2, 0.25) is 0 Å². The van der Waals surface area contributed by atoms with E-state index >= 15 is 0 Å². The molecule has 0 atom stereocenters. The van der Waals surface area contributed by atoms with Gasteiger partial charge in [-0.2, -0.15) is 0 Å². The summed E-state index contributed by atoms with van der Waals surface area (Å²) in [5.74, 6) is 0.242. The SMILES string of the molecule is Cn1cc(Br)c(OC2CCC3(CC2)OCCO3)cc1=O. The van der Waals surface area contributed by atoms with Crippen LogP contribution in [-0.4, -0.2) is 29.7 Å². The van der Waals surface area contributed by atoms with Gasteiger partial charge in [0.2, 0.25) is 0 Å². The van der Waals surface area contributed by atoms with Crippen molar-refractivity contribution in [2.75, 3.05) is 13.2 Å². The molecule has 0 amide bonds. The van der Waals surface area contributed by atoms with Crippen molar-refractivity contribution in [3.63, 3.8) is 0 Å². The Hall–Kier alpha value is -0.850. The lowest BCUT2D eigenvalue weighted by atomic mass is 9.92. The van der Waals surface area contributed by atoms with Crippen LogP contribution < -0.4 is 10.3 Å². The van der Waals surface area contributed by atoms with Gasteiger partial charge in [0.25, 0.3) is 5.56 Å². The maximum Gasteiger partial charge on any atom is 0.254 e. The molecule has 1 aliphatic carbocycles. The van der Waals surface area contributed by atoms with Crippen LogP contribution in [0.15, 0.2) is 21.5 Å². The maximum absolute atomic E-state index is 11.7. The summed E-state index contributed by atoms with van der Waals surface area (Å²) >= 11 is 3.43. The van der Waals surface area contributed by atoms with Crippen LogP contribution in [0.25, 0.3) is 0 Å². The molecule has 0 radical (unpaired) electrons. The number of hydrogen-bond acceptors (Lipinski definition) is 4. The van der Waals surface area contributed by atoms with Gasteiger partial charge in [0.15, 0.2) is 5.79 Å². The van der Waals surface area contributed by atoms with Crippen LogP contribution in [0.5, 0.6) is 5.75 Å². The summed E-state index contributed by atoms with van der Waals surface area (Å²) in [7, 11) is 1.72. The van der Waals surface area contributed by atoms with Crippen molar-refractivity contribution in [1.29, 1.82) is 0 Å². The number of nitrogens with zero attached hydrogens (tertiary/aromatic N) is 1. The average molecular weight is 344 g/mol. The van der Waals surface area contributed by atoms with E-state index < -0.39 is 0 Å². The highest BCUT2D eigenvalue weighted by molar-refractivity contribution is 9.10. The predicted molar refractivity (Wildman–Crippen MR) is 76.9 cm³/mol. The fourth-order valence-corrected chi connectivity index (χ4v) is 3.30. The molecule has 1 aromatic rings. The first kappa shape index (κ1) is 14.1. The zero-order valence-corrected chi connectivity index (χ0v) is 13.0. The maximum atomic E-state index is 11.7. The second-order valence-electron chi connectivity index (χ2n) is 5.36. The average Bonchev–Trinajstić information content (AvgIpc) is 2.87. The van der Waals surface area contributed by atoms with Crippen molar-refractivity contribution in [3.8, 4) is 5.75 Å². The monoisotopic (exact) mass is 343 g/mol. The highest BCUT2D eigenvalue weighted by Crippen LogP contribution is 2.37. The Labute approximate surface area is 126 Å². The standard InChI is InChI=1S/C14H18BrNO4/c1-16-9-11(15)12(8-13(16)17)20-10-2-4-14(5-3-10)18-6-7-19-14/h8-10H,2-7H2,1H3. The largest absolute Gasteiger partial charge is 0.489 e. The van der Waals surface area contributed by atoms with Gasteiger partial charge in [-0.1, -0.05) is 0 Å². The molecule has 1 saturated heterocycles. The topological polar surface area (TPSA) is 49.7 Å². The normalized spacial score (nSPS) is 22.3. The minimum atomic E-state index is -0.371. The van der Waals surface area contributed by atoms with E-state index in [1.165, 1.54) is 10.6 Å². The molecule has 5 nitrogen and oxygen atoms in total. The number of rotatable bonds is 2. The van der Waals surface area contributed by atoms with Crippen LogP contribution >= 0.6 is 15.9 Å². The minimum Gasteiger partial charge on any atom is -0.489 e. The zero-order valence-electron chi connectivity index (χ0n) is 11.4. The third kappa shape index (κ3) is 2.77. The molecule has 110 valence electrons. The number of ether oxygens (including phenoxy) is 3. The van der Waals surface area contributed by atoms with Crippen LogP contribution in [0.4, 0.5) is 0 Å². The molecular weight excluding hydrogens is 326 g/mol. The summed E-state index contributed by atoms with van der Waals surface area (Å²) in [5, 5.41) is 0. The van der Waals surface area contributed by atoms with E-state index in [9.17, 15) is 4.79 Å². The fourth-order valence-electron chi connectivity index (χ4n) is 2.78. The van der Waals surface area contributed by atoms with Gasteiger partial charge in [-0.3, -0.25) is 4.79 Å². The summed E-state index contributed by atoms with van der Waals surface area (Å²) < 4.78 is 19.7. The molecule has 0 aromatic carbocycles. The molecule has 0 bridgehead atoms.